The first-order chi connectivity index (χ1) is 10.6. The molecule has 0 saturated carbocycles. The zero-order valence-electron chi connectivity index (χ0n) is 12.1. The van der Waals surface area contributed by atoms with Gasteiger partial charge in [0.2, 0.25) is 0 Å². The van der Waals surface area contributed by atoms with Crippen molar-refractivity contribution >= 4 is 33.0 Å². The third-order valence-electron chi connectivity index (χ3n) is 3.36. The molecule has 0 unspecified atom stereocenters. The first-order valence-electron chi connectivity index (χ1n) is 6.58. The van der Waals surface area contributed by atoms with Crippen LogP contribution in [0.15, 0.2) is 47.3 Å². The maximum absolute atomic E-state index is 12.3. The summed E-state index contributed by atoms with van der Waals surface area (Å²) in [5, 5.41) is 1.30. The molecule has 0 radical (unpaired) electrons. The summed E-state index contributed by atoms with van der Waals surface area (Å²) in [6.07, 6.45) is 0. The molecule has 0 saturated heterocycles. The average molecular weight is 333 g/mol. The second-order valence-electron chi connectivity index (χ2n) is 4.69. The lowest BCUT2D eigenvalue weighted by Crippen LogP contribution is -1.99. The first-order valence-corrected chi connectivity index (χ1v) is 7.77. The summed E-state index contributed by atoms with van der Waals surface area (Å²) in [6, 6.07) is 12.5. The molecule has 0 aliphatic rings. The number of ether oxygens (including phenoxy) is 2. The summed E-state index contributed by atoms with van der Waals surface area (Å²) in [5.74, 6) is 1.29. The molecule has 3 nitrogen and oxygen atoms in total. The van der Waals surface area contributed by atoms with E-state index < -0.39 is 0 Å². The highest BCUT2D eigenvalue weighted by Crippen LogP contribution is 2.35. The van der Waals surface area contributed by atoms with E-state index in [1.54, 1.807) is 32.4 Å². The van der Waals surface area contributed by atoms with E-state index in [0.717, 1.165) is 15.1 Å². The Balaban J connectivity index is 2.20. The molecular weight excluding hydrogens is 320 g/mol. The second kappa shape index (κ2) is 5.99. The quantitative estimate of drug-likeness (QED) is 0.703. The lowest BCUT2D eigenvalue weighted by molar-refractivity contribution is 0.355. The van der Waals surface area contributed by atoms with Gasteiger partial charge in [-0.1, -0.05) is 11.6 Å². The first kappa shape index (κ1) is 14.9. The van der Waals surface area contributed by atoms with E-state index in [-0.39, 0.29) is 5.43 Å². The molecule has 22 heavy (non-hydrogen) atoms. The molecule has 3 aromatic rings. The van der Waals surface area contributed by atoms with Gasteiger partial charge in [-0.25, -0.2) is 0 Å². The molecule has 0 fully saturated rings. The van der Waals surface area contributed by atoms with Crippen molar-refractivity contribution in [1.29, 1.82) is 0 Å². The fourth-order valence-corrected chi connectivity index (χ4v) is 3.61. The van der Waals surface area contributed by atoms with Crippen molar-refractivity contribution in [3.8, 4) is 21.9 Å². The molecular formula is C17H13ClO3S. The van der Waals surface area contributed by atoms with Gasteiger partial charge in [0.15, 0.2) is 16.9 Å². The lowest BCUT2D eigenvalue weighted by Gasteiger charge is -2.09. The van der Waals surface area contributed by atoms with Crippen molar-refractivity contribution in [2.24, 2.45) is 0 Å². The van der Waals surface area contributed by atoms with E-state index in [2.05, 4.69) is 0 Å². The number of fused-ring (bicyclic) bond motifs is 1. The van der Waals surface area contributed by atoms with E-state index in [0.29, 0.717) is 21.9 Å². The minimum Gasteiger partial charge on any atom is -0.493 e. The van der Waals surface area contributed by atoms with Crippen LogP contribution < -0.4 is 14.9 Å². The SMILES string of the molecule is COc1ccc(-c2cc(=O)c3ccc(Cl)cc3s2)cc1OC. The number of hydrogen-bond acceptors (Lipinski definition) is 4. The Bertz CT molecular complexity index is 902. The van der Waals surface area contributed by atoms with Crippen molar-refractivity contribution in [1.82, 2.24) is 0 Å². The normalized spacial score (nSPS) is 10.7. The van der Waals surface area contributed by atoms with Gasteiger partial charge in [0.05, 0.1) is 14.2 Å². The van der Waals surface area contributed by atoms with E-state index in [9.17, 15) is 4.79 Å². The van der Waals surface area contributed by atoms with Crippen LogP contribution in [0.2, 0.25) is 5.02 Å². The van der Waals surface area contributed by atoms with Gasteiger partial charge in [-0.3, -0.25) is 4.79 Å². The molecule has 0 bridgehead atoms. The summed E-state index contributed by atoms with van der Waals surface area (Å²) in [4.78, 5) is 13.1. The maximum Gasteiger partial charge on any atom is 0.188 e. The van der Waals surface area contributed by atoms with Crippen LogP contribution in [0, 0.1) is 0 Å². The van der Waals surface area contributed by atoms with Gasteiger partial charge in [0.25, 0.3) is 0 Å². The zero-order valence-corrected chi connectivity index (χ0v) is 13.6. The monoisotopic (exact) mass is 332 g/mol. The Morgan fingerprint density at radius 3 is 2.45 bits per heavy atom. The lowest BCUT2D eigenvalue weighted by atomic mass is 10.1. The summed E-state index contributed by atoms with van der Waals surface area (Å²) >= 11 is 7.54. The highest BCUT2D eigenvalue weighted by Gasteiger charge is 2.09. The van der Waals surface area contributed by atoms with Crippen LogP contribution in [-0.4, -0.2) is 14.2 Å². The van der Waals surface area contributed by atoms with Crippen molar-refractivity contribution < 1.29 is 9.47 Å². The largest absolute Gasteiger partial charge is 0.493 e. The number of benzene rings is 2. The van der Waals surface area contributed by atoms with Gasteiger partial charge in [0.1, 0.15) is 0 Å². The highest BCUT2D eigenvalue weighted by atomic mass is 35.5. The minimum absolute atomic E-state index is 0.0183. The Morgan fingerprint density at radius 1 is 0.955 bits per heavy atom. The Kier molecular flexibility index (Phi) is 4.05. The molecule has 112 valence electrons. The van der Waals surface area contributed by atoms with Crippen molar-refractivity contribution in [2.75, 3.05) is 14.2 Å². The van der Waals surface area contributed by atoms with E-state index in [4.69, 9.17) is 21.1 Å². The molecule has 2 aromatic carbocycles. The predicted molar refractivity (Wildman–Crippen MR) is 91.6 cm³/mol. The summed E-state index contributed by atoms with van der Waals surface area (Å²) in [7, 11) is 3.18. The molecule has 0 amide bonds. The highest BCUT2D eigenvalue weighted by molar-refractivity contribution is 7.21. The second-order valence-corrected chi connectivity index (χ2v) is 6.21. The number of rotatable bonds is 3. The van der Waals surface area contributed by atoms with Crippen LogP contribution >= 0.6 is 22.9 Å². The Morgan fingerprint density at radius 2 is 1.73 bits per heavy atom. The molecule has 0 atom stereocenters. The van der Waals surface area contributed by atoms with Gasteiger partial charge in [-0.05, 0) is 42.0 Å². The topological polar surface area (TPSA) is 35.5 Å². The van der Waals surface area contributed by atoms with Gasteiger partial charge >= 0.3 is 0 Å². The van der Waals surface area contributed by atoms with Crippen molar-refractivity contribution in [2.45, 2.75) is 0 Å². The van der Waals surface area contributed by atoms with Crippen molar-refractivity contribution in [3.63, 3.8) is 0 Å². The van der Waals surface area contributed by atoms with Gasteiger partial charge in [-0.15, -0.1) is 11.3 Å². The third-order valence-corrected chi connectivity index (χ3v) is 4.73. The Labute approximate surface area is 136 Å². The molecule has 0 N–H and O–H groups in total. The Hall–Kier alpha value is -2.04. The summed E-state index contributed by atoms with van der Waals surface area (Å²) in [6.45, 7) is 0. The fraction of sp³-hybridized carbons (Fsp3) is 0.118. The van der Waals surface area contributed by atoms with Gasteiger partial charge in [-0.2, -0.15) is 0 Å². The van der Waals surface area contributed by atoms with Crippen LogP contribution in [-0.2, 0) is 0 Å². The average Bonchev–Trinajstić information content (AvgIpc) is 2.53. The maximum atomic E-state index is 12.3. The van der Waals surface area contributed by atoms with E-state index >= 15 is 0 Å². The van der Waals surface area contributed by atoms with Crippen LogP contribution in [0.4, 0.5) is 0 Å². The minimum atomic E-state index is -0.0183. The molecule has 0 aliphatic carbocycles. The third kappa shape index (κ3) is 2.67. The smallest absolute Gasteiger partial charge is 0.188 e. The van der Waals surface area contributed by atoms with Crippen LogP contribution in [0.1, 0.15) is 0 Å². The molecule has 3 rings (SSSR count). The van der Waals surface area contributed by atoms with Crippen LogP contribution in [0.25, 0.3) is 20.5 Å². The molecule has 1 heterocycles. The van der Waals surface area contributed by atoms with Crippen LogP contribution in [0.3, 0.4) is 0 Å². The predicted octanol–water partition coefficient (Wildman–Crippen LogP) is 4.60. The van der Waals surface area contributed by atoms with Crippen LogP contribution in [0.5, 0.6) is 11.5 Å². The van der Waals surface area contributed by atoms with E-state index in [1.807, 2.05) is 24.3 Å². The molecule has 1 aromatic heterocycles. The molecule has 5 heteroatoms. The van der Waals surface area contributed by atoms with Gasteiger partial charge < -0.3 is 9.47 Å². The number of hydrogen-bond donors (Lipinski definition) is 0. The summed E-state index contributed by atoms with van der Waals surface area (Å²) < 4.78 is 11.4. The molecule has 0 aliphatic heterocycles. The van der Waals surface area contributed by atoms with Gasteiger partial charge in [0, 0.05) is 26.1 Å². The molecule has 0 spiro atoms. The number of halogens is 1. The van der Waals surface area contributed by atoms with E-state index in [1.165, 1.54) is 11.3 Å². The zero-order chi connectivity index (χ0) is 15.7. The van der Waals surface area contributed by atoms with Crippen molar-refractivity contribution in [3.05, 3.63) is 57.7 Å². The standard InChI is InChI=1S/C17H13ClO3S/c1-20-14-6-3-10(7-15(14)21-2)16-9-13(19)12-5-4-11(18)8-17(12)22-16/h3-9H,1-2H3. The summed E-state index contributed by atoms with van der Waals surface area (Å²) in [5.41, 5.74) is 0.886. The fourth-order valence-electron chi connectivity index (χ4n) is 2.26. The number of methoxy groups -OCH3 is 2.